The van der Waals surface area contributed by atoms with Crippen LogP contribution >= 0.6 is 93.1 Å². The van der Waals surface area contributed by atoms with Crippen LogP contribution in [0.3, 0.4) is 0 Å². The van der Waals surface area contributed by atoms with Crippen molar-refractivity contribution < 1.29 is 42.9 Å². The van der Waals surface area contributed by atoms with Gasteiger partial charge in [-0.1, -0.05) is 106 Å². The maximum Gasteiger partial charge on any atom is 0.409 e. The van der Waals surface area contributed by atoms with E-state index in [1.165, 1.54) is 4.90 Å². The fourth-order valence-electron chi connectivity index (χ4n) is 6.13. The number of piperazine rings is 2. The summed E-state index contributed by atoms with van der Waals surface area (Å²) in [4.78, 5) is 66.3. The first-order chi connectivity index (χ1) is 31.3. The van der Waals surface area contributed by atoms with Crippen molar-refractivity contribution >= 4 is 124 Å². The Bertz CT molecular complexity index is 1750. The van der Waals surface area contributed by atoms with Crippen LogP contribution in [0.25, 0.3) is 0 Å². The van der Waals surface area contributed by atoms with Gasteiger partial charge in [-0.05, 0) is 90.6 Å². The average Bonchev–Trinajstić information content (AvgIpc) is 3.25. The molecule has 2 saturated heterocycles. The number of carbonyl (C=O) groups excluding carboxylic acids is 5. The van der Waals surface area contributed by atoms with Crippen LogP contribution in [0.5, 0.6) is 0 Å². The van der Waals surface area contributed by atoms with Crippen LogP contribution in [0.15, 0.2) is 70.5 Å². The maximum atomic E-state index is 12.5. The largest absolute Gasteiger partial charge is 0.460 e. The van der Waals surface area contributed by atoms with Gasteiger partial charge < -0.3 is 38.9 Å². The number of rotatable bonds is 17. The Morgan fingerprint density at radius 2 is 1.03 bits per heavy atom. The Morgan fingerprint density at radius 3 is 1.43 bits per heavy atom. The zero-order chi connectivity index (χ0) is 50.1. The second-order valence-electron chi connectivity index (χ2n) is 17.7. The molecule has 2 aromatic carbocycles. The number of amides is 2. The Hall–Kier alpha value is -2.05. The van der Waals surface area contributed by atoms with Crippen molar-refractivity contribution in [2.75, 3.05) is 83.6 Å². The number of ether oxygens (including phenoxy) is 4. The number of halogens is 6. The molecule has 2 aromatic rings. The molecule has 0 bridgehead atoms. The second kappa shape index (κ2) is 31.3. The fraction of sp³-hybridized carbons (Fsp3) is 0.630. The minimum atomic E-state index is -1.61. The molecule has 21 heteroatoms. The van der Waals surface area contributed by atoms with Gasteiger partial charge in [-0.25, -0.2) is 9.59 Å². The number of benzene rings is 2. The van der Waals surface area contributed by atoms with Gasteiger partial charge in [0.05, 0.1) is 0 Å². The van der Waals surface area contributed by atoms with Gasteiger partial charge >= 0.3 is 24.1 Å². The molecule has 2 aliphatic rings. The van der Waals surface area contributed by atoms with E-state index in [1.807, 2.05) is 90.1 Å². The molecule has 2 aliphatic heterocycles. The predicted octanol–water partition coefficient (Wildman–Crippen LogP) is 10.8. The van der Waals surface area contributed by atoms with Gasteiger partial charge in [0.25, 0.3) is 0 Å². The summed E-state index contributed by atoms with van der Waals surface area (Å²) in [5.74, 6) is 1.39. The molecule has 2 heterocycles. The molecular formula is C46H66Cl6N4O9S2. The van der Waals surface area contributed by atoms with E-state index in [9.17, 15) is 24.0 Å². The van der Waals surface area contributed by atoms with Crippen LogP contribution in [0.2, 0.25) is 0 Å². The van der Waals surface area contributed by atoms with Crippen molar-refractivity contribution in [2.45, 2.75) is 95.8 Å². The molecule has 0 spiro atoms. The molecule has 2 atom stereocenters. The zero-order valence-electron chi connectivity index (χ0n) is 39.1. The van der Waals surface area contributed by atoms with Crippen LogP contribution in [-0.4, -0.2) is 148 Å². The smallest absolute Gasteiger partial charge is 0.409 e. The minimum Gasteiger partial charge on any atom is -0.460 e. The lowest BCUT2D eigenvalue weighted by atomic mass is 10.0. The number of thioether (sulfide) groups is 2. The van der Waals surface area contributed by atoms with Crippen molar-refractivity contribution in [1.82, 2.24) is 20.0 Å². The van der Waals surface area contributed by atoms with Gasteiger partial charge in [0.1, 0.15) is 30.7 Å². The molecule has 1 N–H and O–H groups in total. The summed E-state index contributed by atoms with van der Waals surface area (Å²) in [5, 5.41) is 3.11. The molecule has 0 radical (unpaired) electrons. The Kier molecular flexibility index (Phi) is 28.5. The van der Waals surface area contributed by atoms with Crippen molar-refractivity contribution in [2.24, 2.45) is 11.8 Å². The number of hydrogen-bond acceptors (Lipinski definition) is 13. The summed E-state index contributed by atoms with van der Waals surface area (Å²) in [6.45, 7) is 16.9. The van der Waals surface area contributed by atoms with Crippen LogP contribution in [0.4, 0.5) is 9.59 Å². The van der Waals surface area contributed by atoms with Gasteiger partial charge in [0, 0.05) is 92.9 Å². The van der Waals surface area contributed by atoms with Crippen LogP contribution in [0, 0.1) is 11.8 Å². The van der Waals surface area contributed by atoms with E-state index in [2.05, 4.69) is 22.3 Å². The average molecular weight is 1100 g/mol. The van der Waals surface area contributed by atoms with E-state index in [4.69, 9.17) is 88.6 Å². The molecule has 2 fully saturated rings. The van der Waals surface area contributed by atoms with Crippen molar-refractivity contribution in [3.8, 4) is 0 Å². The highest BCUT2D eigenvalue weighted by molar-refractivity contribution is 7.99. The first kappa shape index (κ1) is 61.1. The SMILES string of the molecule is CC(C)(C)OC(=O)C[C@H](CC=O)CSc1ccccc1.CC(C)(C)OC(=O)C[C@H](CCN1CCN(C(=O)OCC(Cl)(Cl)Cl)CC1)CSc1ccccc1.O=C(OCC(Cl)(Cl)Cl)N1CCNCC1. The first-order valence-electron chi connectivity index (χ1n) is 21.9. The summed E-state index contributed by atoms with van der Waals surface area (Å²) in [5.41, 5.74) is -0.968. The van der Waals surface area contributed by atoms with Gasteiger partial charge in [-0.3, -0.25) is 14.5 Å². The predicted molar refractivity (Wildman–Crippen MR) is 273 cm³/mol. The first-order valence-corrected chi connectivity index (χ1v) is 26.2. The number of carbonyl (C=O) groups is 5. The molecular weight excluding hydrogens is 1030 g/mol. The zero-order valence-corrected chi connectivity index (χ0v) is 45.3. The van der Waals surface area contributed by atoms with Gasteiger partial charge in [0.2, 0.25) is 7.59 Å². The molecule has 0 aliphatic carbocycles. The fourth-order valence-corrected chi connectivity index (χ4v) is 8.55. The van der Waals surface area contributed by atoms with E-state index in [1.54, 1.807) is 33.3 Å². The monoisotopic (exact) mass is 1090 g/mol. The van der Waals surface area contributed by atoms with E-state index < -0.39 is 31.0 Å². The second-order valence-corrected chi connectivity index (χ2v) is 24.9. The van der Waals surface area contributed by atoms with Crippen LogP contribution in [-0.2, 0) is 33.3 Å². The Labute approximate surface area is 435 Å². The molecule has 378 valence electrons. The summed E-state index contributed by atoms with van der Waals surface area (Å²) < 4.78 is 17.6. The molecule has 0 saturated carbocycles. The lowest BCUT2D eigenvalue weighted by Gasteiger charge is -2.35. The van der Waals surface area contributed by atoms with E-state index in [0.29, 0.717) is 39.0 Å². The Balaban J connectivity index is 0.000000383. The third-order valence-electron chi connectivity index (χ3n) is 9.22. The van der Waals surface area contributed by atoms with E-state index in [-0.39, 0.29) is 43.4 Å². The molecule has 2 amide bonds. The highest BCUT2D eigenvalue weighted by atomic mass is 35.6. The van der Waals surface area contributed by atoms with Gasteiger partial charge in [-0.2, -0.15) is 0 Å². The summed E-state index contributed by atoms with van der Waals surface area (Å²) in [6, 6.07) is 20.2. The topological polar surface area (TPSA) is 144 Å². The quantitative estimate of drug-likeness (QED) is 0.0528. The molecule has 0 aromatic heterocycles. The van der Waals surface area contributed by atoms with Gasteiger partial charge in [0.15, 0.2) is 0 Å². The van der Waals surface area contributed by atoms with Crippen LogP contribution in [0.1, 0.15) is 67.2 Å². The summed E-state index contributed by atoms with van der Waals surface area (Å²) in [7, 11) is 0. The number of esters is 2. The summed E-state index contributed by atoms with van der Waals surface area (Å²) in [6.07, 6.45) is 1.91. The lowest BCUT2D eigenvalue weighted by Crippen LogP contribution is -2.49. The van der Waals surface area contributed by atoms with E-state index in [0.717, 1.165) is 61.8 Å². The van der Waals surface area contributed by atoms with Crippen molar-refractivity contribution in [3.05, 3.63) is 60.7 Å². The highest BCUT2D eigenvalue weighted by Gasteiger charge is 2.29. The Morgan fingerprint density at radius 1 is 0.627 bits per heavy atom. The third kappa shape index (κ3) is 31.7. The summed E-state index contributed by atoms with van der Waals surface area (Å²) >= 11 is 36.7. The number of nitrogens with zero attached hydrogens (tertiary/aromatic N) is 3. The normalized spacial score (nSPS) is 15.6. The molecule has 13 nitrogen and oxygen atoms in total. The number of nitrogens with one attached hydrogen (secondary N) is 1. The standard InChI is InChI=1S/C23H33Cl3N2O4S.C16H22O3S.C7H11Cl3N2O2/c1-22(2,3)32-20(29)15-18(16-33-19-7-5-4-6-8-19)9-10-27-11-13-28(14-12-27)21(30)31-17-23(24,25)26;1-16(2,3)19-15(18)11-13(9-10-17)12-20-14-7-5-4-6-8-14;8-7(9,10)5-14-6(13)12-3-1-11-2-4-12/h4-8,18H,9-17H2,1-3H3;4-8,10,13H,9,11-12H2,1-3H3;11H,1-5H2/t18-;13-;/m00./s1. The van der Waals surface area contributed by atoms with E-state index >= 15 is 0 Å². The highest BCUT2D eigenvalue weighted by Crippen LogP contribution is 2.29. The van der Waals surface area contributed by atoms with Crippen molar-refractivity contribution in [1.29, 1.82) is 0 Å². The molecule has 0 unspecified atom stereocenters. The lowest BCUT2D eigenvalue weighted by molar-refractivity contribution is -0.157. The number of hydrogen-bond donors (Lipinski definition) is 1. The van der Waals surface area contributed by atoms with Gasteiger partial charge in [-0.15, -0.1) is 23.5 Å². The maximum absolute atomic E-state index is 12.5. The third-order valence-corrected chi connectivity index (χ3v) is 12.4. The molecule has 67 heavy (non-hydrogen) atoms. The number of aldehydes is 1. The van der Waals surface area contributed by atoms with Crippen LogP contribution < -0.4 is 5.32 Å². The molecule has 4 rings (SSSR count). The minimum absolute atomic E-state index is 0.0209. The van der Waals surface area contributed by atoms with Crippen molar-refractivity contribution in [3.63, 3.8) is 0 Å². The number of alkyl halides is 6.